The van der Waals surface area contributed by atoms with E-state index in [0.29, 0.717) is 11.6 Å². The maximum absolute atomic E-state index is 6.06. The van der Waals surface area contributed by atoms with Crippen molar-refractivity contribution in [3.63, 3.8) is 0 Å². The van der Waals surface area contributed by atoms with Gasteiger partial charge < -0.3 is 10.5 Å². The first-order valence-corrected chi connectivity index (χ1v) is 5.43. The SMILES string of the molecule is COCCC(N)c1c(Cl)cnn1C(C)C. The fraction of sp³-hybridized carbons (Fsp3) is 0.700. The van der Waals surface area contributed by atoms with E-state index in [2.05, 4.69) is 18.9 Å². The van der Waals surface area contributed by atoms with Gasteiger partial charge in [-0.05, 0) is 20.3 Å². The Balaban J connectivity index is 2.85. The predicted molar refractivity (Wildman–Crippen MR) is 61.0 cm³/mol. The van der Waals surface area contributed by atoms with Crippen LogP contribution in [0.4, 0.5) is 0 Å². The molecule has 15 heavy (non-hydrogen) atoms. The molecule has 0 aliphatic rings. The summed E-state index contributed by atoms with van der Waals surface area (Å²) in [5, 5.41) is 4.84. The quantitative estimate of drug-likeness (QED) is 0.845. The molecule has 0 spiro atoms. The van der Waals surface area contributed by atoms with Crippen LogP contribution in [-0.4, -0.2) is 23.5 Å². The van der Waals surface area contributed by atoms with E-state index in [4.69, 9.17) is 22.1 Å². The Kier molecular flexibility index (Phi) is 4.57. The van der Waals surface area contributed by atoms with Crippen LogP contribution in [0.25, 0.3) is 0 Å². The largest absolute Gasteiger partial charge is 0.385 e. The van der Waals surface area contributed by atoms with E-state index in [9.17, 15) is 0 Å². The van der Waals surface area contributed by atoms with Crippen LogP contribution in [0.3, 0.4) is 0 Å². The minimum Gasteiger partial charge on any atom is -0.385 e. The molecule has 1 rings (SSSR count). The molecular formula is C10H18ClN3O. The van der Waals surface area contributed by atoms with Crippen LogP contribution in [0.1, 0.15) is 38.0 Å². The smallest absolute Gasteiger partial charge is 0.0834 e. The lowest BCUT2D eigenvalue weighted by atomic mass is 10.1. The summed E-state index contributed by atoms with van der Waals surface area (Å²) in [5.41, 5.74) is 6.93. The second-order valence-corrected chi connectivity index (χ2v) is 4.21. The zero-order valence-corrected chi connectivity index (χ0v) is 10.2. The Hall–Kier alpha value is -0.580. The molecule has 1 heterocycles. The third-order valence-electron chi connectivity index (χ3n) is 2.26. The number of ether oxygens (including phenoxy) is 1. The molecule has 0 fully saturated rings. The molecule has 1 aromatic rings. The minimum absolute atomic E-state index is 0.123. The minimum atomic E-state index is -0.123. The number of nitrogens with zero attached hydrogens (tertiary/aromatic N) is 2. The van der Waals surface area contributed by atoms with E-state index >= 15 is 0 Å². The van der Waals surface area contributed by atoms with E-state index in [1.165, 1.54) is 0 Å². The zero-order valence-electron chi connectivity index (χ0n) is 9.40. The molecule has 2 N–H and O–H groups in total. The van der Waals surface area contributed by atoms with Crippen molar-refractivity contribution in [1.82, 2.24) is 9.78 Å². The monoisotopic (exact) mass is 231 g/mol. The zero-order chi connectivity index (χ0) is 11.4. The number of hydrogen-bond acceptors (Lipinski definition) is 3. The van der Waals surface area contributed by atoms with Crippen molar-refractivity contribution in [2.45, 2.75) is 32.4 Å². The fourth-order valence-electron chi connectivity index (χ4n) is 1.49. The fourth-order valence-corrected chi connectivity index (χ4v) is 1.76. The van der Waals surface area contributed by atoms with E-state index in [1.54, 1.807) is 13.3 Å². The summed E-state index contributed by atoms with van der Waals surface area (Å²) < 4.78 is 6.86. The van der Waals surface area contributed by atoms with Crippen molar-refractivity contribution in [2.75, 3.05) is 13.7 Å². The highest BCUT2D eigenvalue weighted by Gasteiger charge is 2.17. The van der Waals surface area contributed by atoms with Crippen LogP contribution in [0, 0.1) is 0 Å². The number of halogens is 1. The van der Waals surface area contributed by atoms with Crippen LogP contribution in [-0.2, 0) is 4.74 Å². The molecule has 0 aromatic carbocycles. The van der Waals surface area contributed by atoms with Crippen LogP contribution < -0.4 is 5.73 Å². The number of methoxy groups -OCH3 is 1. The molecule has 0 amide bonds. The Morgan fingerprint density at radius 1 is 1.60 bits per heavy atom. The molecule has 86 valence electrons. The van der Waals surface area contributed by atoms with Crippen molar-refractivity contribution in [2.24, 2.45) is 5.73 Å². The average molecular weight is 232 g/mol. The van der Waals surface area contributed by atoms with Crippen LogP contribution >= 0.6 is 11.6 Å². The van der Waals surface area contributed by atoms with Gasteiger partial charge in [-0.1, -0.05) is 11.6 Å². The first-order valence-electron chi connectivity index (χ1n) is 5.05. The first-order chi connectivity index (χ1) is 7.07. The summed E-state index contributed by atoms with van der Waals surface area (Å²) in [6.07, 6.45) is 2.39. The molecule has 0 saturated heterocycles. The molecular weight excluding hydrogens is 214 g/mol. The molecule has 0 aliphatic heterocycles. The predicted octanol–water partition coefficient (Wildman–Crippen LogP) is 2.15. The molecule has 1 unspecified atom stereocenters. The number of rotatable bonds is 5. The van der Waals surface area contributed by atoms with Gasteiger partial charge in [0, 0.05) is 19.8 Å². The van der Waals surface area contributed by atoms with Crippen LogP contribution in [0.5, 0.6) is 0 Å². The molecule has 4 nitrogen and oxygen atoms in total. The molecule has 0 aliphatic carbocycles. The first kappa shape index (κ1) is 12.5. The lowest BCUT2D eigenvalue weighted by Gasteiger charge is -2.16. The lowest BCUT2D eigenvalue weighted by Crippen LogP contribution is -2.19. The summed E-state index contributed by atoms with van der Waals surface area (Å²) in [6, 6.07) is 0.142. The van der Waals surface area contributed by atoms with Gasteiger partial charge in [-0.25, -0.2) is 0 Å². The molecule has 0 radical (unpaired) electrons. The topological polar surface area (TPSA) is 53.1 Å². The molecule has 0 saturated carbocycles. The van der Waals surface area contributed by atoms with Crippen molar-refractivity contribution in [3.8, 4) is 0 Å². The van der Waals surface area contributed by atoms with Gasteiger partial charge in [0.1, 0.15) is 0 Å². The van der Waals surface area contributed by atoms with Gasteiger partial charge in [0.25, 0.3) is 0 Å². The summed E-state index contributed by atoms with van der Waals surface area (Å²) in [4.78, 5) is 0. The Labute approximate surface area is 95.3 Å². The normalized spacial score (nSPS) is 13.5. The summed E-state index contributed by atoms with van der Waals surface area (Å²) in [5.74, 6) is 0. The van der Waals surface area contributed by atoms with E-state index in [0.717, 1.165) is 12.1 Å². The third-order valence-corrected chi connectivity index (χ3v) is 2.55. The summed E-state index contributed by atoms with van der Waals surface area (Å²) >= 11 is 6.06. The van der Waals surface area contributed by atoms with Gasteiger partial charge >= 0.3 is 0 Å². The summed E-state index contributed by atoms with van der Waals surface area (Å²) in [7, 11) is 1.66. The second-order valence-electron chi connectivity index (χ2n) is 3.80. The van der Waals surface area contributed by atoms with Crippen LogP contribution in [0.2, 0.25) is 5.02 Å². The molecule has 5 heteroatoms. The third kappa shape index (κ3) is 2.93. The maximum atomic E-state index is 6.06. The second kappa shape index (κ2) is 5.49. The Morgan fingerprint density at radius 3 is 2.80 bits per heavy atom. The van der Waals surface area contributed by atoms with Gasteiger partial charge in [0.2, 0.25) is 0 Å². The Bertz CT molecular complexity index is 312. The average Bonchev–Trinajstić information content (AvgIpc) is 2.56. The van der Waals surface area contributed by atoms with Gasteiger partial charge in [-0.2, -0.15) is 5.10 Å². The number of aromatic nitrogens is 2. The standard InChI is InChI=1S/C10H18ClN3O/c1-7(2)14-10(8(11)6-13-14)9(12)4-5-15-3/h6-7,9H,4-5,12H2,1-3H3. The van der Waals surface area contributed by atoms with Crippen molar-refractivity contribution < 1.29 is 4.74 Å². The highest BCUT2D eigenvalue weighted by molar-refractivity contribution is 6.31. The molecule has 0 bridgehead atoms. The highest BCUT2D eigenvalue weighted by Crippen LogP contribution is 2.25. The number of hydrogen-bond donors (Lipinski definition) is 1. The van der Waals surface area contributed by atoms with Crippen molar-refractivity contribution in [3.05, 3.63) is 16.9 Å². The summed E-state index contributed by atoms with van der Waals surface area (Å²) in [6.45, 7) is 4.73. The lowest BCUT2D eigenvalue weighted by molar-refractivity contribution is 0.186. The van der Waals surface area contributed by atoms with Gasteiger partial charge in [0.05, 0.1) is 23.0 Å². The van der Waals surface area contributed by atoms with Gasteiger partial charge in [-0.3, -0.25) is 4.68 Å². The molecule has 1 aromatic heterocycles. The van der Waals surface area contributed by atoms with Crippen LogP contribution in [0.15, 0.2) is 6.20 Å². The Morgan fingerprint density at radius 2 is 2.27 bits per heavy atom. The van der Waals surface area contributed by atoms with Gasteiger partial charge in [-0.15, -0.1) is 0 Å². The number of nitrogens with two attached hydrogens (primary N) is 1. The van der Waals surface area contributed by atoms with Gasteiger partial charge in [0.15, 0.2) is 0 Å². The van der Waals surface area contributed by atoms with E-state index < -0.39 is 0 Å². The van der Waals surface area contributed by atoms with E-state index in [1.807, 2.05) is 4.68 Å². The molecule has 1 atom stereocenters. The van der Waals surface area contributed by atoms with Crippen molar-refractivity contribution in [1.29, 1.82) is 0 Å². The highest BCUT2D eigenvalue weighted by atomic mass is 35.5. The maximum Gasteiger partial charge on any atom is 0.0834 e. The van der Waals surface area contributed by atoms with Crippen molar-refractivity contribution >= 4 is 11.6 Å². The van der Waals surface area contributed by atoms with E-state index in [-0.39, 0.29) is 12.1 Å².